The number of carbonyl (C=O) groups is 1. The molecule has 166 valence electrons. The molecule has 32 heavy (non-hydrogen) atoms. The van der Waals surface area contributed by atoms with Crippen molar-refractivity contribution in [3.63, 3.8) is 0 Å². The lowest BCUT2D eigenvalue weighted by Gasteiger charge is -2.35. The van der Waals surface area contributed by atoms with Crippen molar-refractivity contribution in [2.45, 2.75) is 6.92 Å². The molecule has 0 spiro atoms. The summed E-state index contributed by atoms with van der Waals surface area (Å²) in [4.78, 5) is 30.0. The fourth-order valence-electron chi connectivity index (χ4n) is 4.00. The van der Waals surface area contributed by atoms with Crippen molar-refractivity contribution < 1.29 is 9.53 Å². The van der Waals surface area contributed by atoms with Crippen LogP contribution in [0, 0.1) is 6.92 Å². The first-order valence-corrected chi connectivity index (χ1v) is 10.9. The zero-order valence-corrected chi connectivity index (χ0v) is 18.1. The Morgan fingerprint density at radius 2 is 1.56 bits per heavy atom. The molecule has 0 radical (unpaired) electrons. The van der Waals surface area contributed by atoms with Crippen LogP contribution in [0.1, 0.15) is 16.3 Å². The van der Waals surface area contributed by atoms with Gasteiger partial charge in [-0.25, -0.2) is 9.97 Å². The fraction of sp³-hybridized carbons (Fsp3) is 0.409. The second-order valence-corrected chi connectivity index (χ2v) is 7.87. The molecular weight excluding hydrogens is 408 g/mol. The maximum absolute atomic E-state index is 12.9. The molecule has 0 N–H and O–H groups in total. The van der Waals surface area contributed by atoms with Gasteiger partial charge in [0.1, 0.15) is 17.5 Å². The van der Waals surface area contributed by atoms with Gasteiger partial charge in [-0.05, 0) is 19.1 Å². The topological polar surface area (TPSA) is 92.5 Å². The quantitative estimate of drug-likeness (QED) is 0.604. The van der Waals surface area contributed by atoms with E-state index in [0.717, 1.165) is 36.2 Å². The molecule has 0 aliphatic carbocycles. The van der Waals surface area contributed by atoms with E-state index in [9.17, 15) is 4.79 Å². The molecule has 5 rings (SSSR count). The summed E-state index contributed by atoms with van der Waals surface area (Å²) >= 11 is 0. The third kappa shape index (κ3) is 4.26. The largest absolute Gasteiger partial charge is 0.378 e. The predicted molar refractivity (Wildman–Crippen MR) is 119 cm³/mol. The molecule has 2 saturated heterocycles. The van der Waals surface area contributed by atoms with Gasteiger partial charge in [-0.3, -0.25) is 4.79 Å². The summed E-state index contributed by atoms with van der Waals surface area (Å²) in [5, 5.41) is 8.62. The lowest BCUT2D eigenvalue weighted by atomic mass is 10.2. The number of piperazine rings is 1. The molecule has 2 aromatic heterocycles. The SMILES string of the molecule is Cc1nc(N2CCOCC2)cc(N2CCN(C(=O)c3cnn(-c4ccccc4)n3)CC2)n1. The smallest absolute Gasteiger partial charge is 0.276 e. The summed E-state index contributed by atoms with van der Waals surface area (Å²) in [6, 6.07) is 11.6. The van der Waals surface area contributed by atoms with Crippen molar-refractivity contribution in [3.05, 3.63) is 54.1 Å². The van der Waals surface area contributed by atoms with Gasteiger partial charge in [-0.2, -0.15) is 9.90 Å². The van der Waals surface area contributed by atoms with Crippen LogP contribution in [-0.2, 0) is 4.74 Å². The molecule has 0 unspecified atom stereocenters. The molecule has 1 amide bonds. The molecule has 2 aliphatic heterocycles. The Hall–Kier alpha value is -3.53. The van der Waals surface area contributed by atoms with Gasteiger partial charge in [0.05, 0.1) is 25.1 Å². The van der Waals surface area contributed by atoms with Crippen molar-refractivity contribution in [2.24, 2.45) is 0 Å². The highest BCUT2D eigenvalue weighted by atomic mass is 16.5. The highest BCUT2D eigenvalue weighted by Crippen LogP contribution is 2.21. The van der Waals surface area contributed by atoms with Crippen molar-refractivity contribution in [3.8, 4) is 5.69 Å². The average molecular weight is 435 g/mol. The minimum absolute atomic E-state index is 0.0975. The number of carbonyl (C=O) groups excluding carboxylic acids is 1. The number of anilines is 2. The fourth-order valence-corrected chi connectivity index (χ4v) is 4.00. The molecule has 0 bridgehead atoms. The number of aromatic nitrogens is 5. The van der Waals surface area contributed by atoms with E-state index in [0.29, 0.717) is 45.1 Å². The summed E-state index contributed by atoms with van der Waals surface area (Å²) in [6.07, 6.45) is 1.53. The Kier molecular flexibility index (Phi) is 5.68. The number of hydrogen-bond acceptors (Lipinski definition) is 8. The maximum Gasteiger partial charge on any atom is 0.276 e. The van der Waals surface area contributed by atoms with E-state index in [-0.39, 0.29) is 5.91 Å². The van der Waals surface area contributed by atoms with E-state index in [1.165, 1.54) is 11.0 Å². The Labute approximate surface area is 186 Å². The molecule has 3 aromatic rings. The first kappa shape index (κ1) is 20.4. The van der Waals surface area contributed by atoms with Gasteiger partial charge in [-0.1, -0.05) is 18.2 Å². The Bertz CT molecular complexity index is 1070. The lowest BCUT2D eigenvalue weighted by molar-refractivity contribution is 0.0740. The van der Waals surface area contributed by atoms with Crippen LogP contribution in [0.4, 0.5) is 11.6 Å². The molecule has 1 aromatic carbocycles. The highest BCUT2D eigenvalue weighted by molar-refractivity contribution is 5.92. The number of benzene rings is 1. The third-order valence-electron chi connectivity index (χ3n) is 5.73. The third-order valence-corrected chi connectivity index (χ3v) is 5.73. The van der Waals surface area contributed by atoms with Gasteiger partial charge < -0.3 is 19.4 Å². The van der Waals surface area contributed by atoms with Gasteiger partial charge in [0.15, 0.2) is 5.69 Å². The van der Waals surface area contributed by atoms with Crippen LogP contribution in [-0.4, -0.2) is 88.3 Å². The number of hydrogen-bond donors (Lipinski definition) is 0. The van der Waals surface area contributed by atoms with Gasteiger partial charge in [0.25, 0.3) is 5.91 Å². The number of ether oxygens (including phenoxy) is 1. The van der Waals surface area contributed by atoms with Crippen LogP contribution in [0.3, 0.4) is 0 Å². The van der Waals surface area contributed by atoms with Gasteiger partial charge >= 0.3 is 0 Å². The van der Waals surface area contributed by atoms with E-state index in [1.807, 2.05) is 48.2 Å². The van der Waals surface area contributed by atoms with Crippen LogP contribution in [0.15, 0.2) is 42.6 Å². The summed E-state index contributed by atoms with van der Waals surface area (Å²) < 4.78 is 5.45. The number of rotatable bonds is 4. The minimum Gasteiger partial charge on any atom is -0.378 e. The molecule has 2 fully saturated rings. The summed E-state index contributed by atoms with van der Waals surface area (Å²) in [6.45, 7) is 7.64. The summed E-state index contributed by atoms with van der Waals surface area (Å²) in [5.41, 5.74) is 1.18. The predicted octanol–water partition coefficient (Wildman–Crippen LogP) is 1.16. The van der Waals surface area contributed by atoms with E-state index in [1.54, 1.807) is 0 Å². The maximum atomic E-state index is 12.9. The Morgan fingerprint density at radius 3 is 2.25 bits per heavy atom. The zero-order chi connectivity index (χ0) is 21.9. The number of aryl methyl sites for hydroxylation is 1. The van der Waals surface area contributed by atoms with Crippen LogP contribution < -0.4 is 9.80 Å². The second kappa shape index (κ2) is 8.91. The number of nitrogens with zero attached hydrogens (tertiary/aromatic N) is 8. The van der Waals surface area contributed by atoms with Gasteiger partial charge in [0.2, 0.25) is 0 Å². The molecule has 0 saturated carbocycles. The van der Waals surface area contributed by atoms with Crippen molar-refractivity contribution in [1.82, 2.24) is 29.9 Å². The van der Waals surface area contributed by atoms with Gasteiger partial charge in [0, 0.05) is 45.3 Å². The van der Waals surface area contributed by atoms with Gasteiger partial charge in [-0.15, -0.1) is 5.10 Å². The standard InChI is InChI=1S/C22H26N8O2/c1-17-24-20(15-21(25-17)28-11-13-32-14-12-28)27-7-9-29(10-8-27)22(31)19-16-23-30(26-19)18-5-3-2-4-6-18/h2-6,15-16H,7-14H2,1H3. The van der Waals surface area contributed by atoms with Crippen LogP contribution in [0.5, 0.6) is 0 Å². The lowest BCUT2D eigenvalue weighted by Crippen LogP contribution is -2.49. The molecule has 10 nitrogen and oxygen atoms in total. The normalized spacial score (nSPS) is 17.0. The van der Waals surface area contributed by atoms with Crippen LogP contribution in [0.25, 0.3) is 5.69 Å². The van der Waals surface area contributed by atoms with E-state index in [4.69, 9.17) is 4.74 Å². The molecule has 0 atom stereocenters. The van der Waals surface area contributed by atoms with Crippen molar-refractivity contribution in [1.29, 1.82) is 0 Å². The van der Waals surface area contributed by atoms with E-state index >= 15 is 0 Å². The molecule has 4 heterocycles. The van der Waals surface area contributed by atoms with E-state index < -0.39 is 0 Å². The Morgan fingerprint density at radius 1 is 0.906 bits per heavy atom. The first-order valence-electron chi connectivity index (χ1n) is 10.9. The number of amides is 1. The van der Waals surface area contributed by atoms with E-state index in [2.05, 4.69) is 30.0 Å². The summed E-state index contributed by atoms with van der Waals surface area (Å²) in [5.74, 6) is 2.49. The average Bonchev–Trinajstić information content (AvgIpc) is 3.35. The second-order valence-electron chi connectivity index (χ2n) is 7.87. The molecule has 2 aliphatic rings. The number of morpholine rings is 1. The zero-order valence-electron chi connectivity index (χ0n) is 18.1. The molecule has 10 heteroatoms. The van der Waals surface area contributed by atoms with Crippen LogP contribution in [0.2, 0.25) is 0 Å². The summed E-state index contributed by atoms with van der Waals surface area (Å²) in [7, 11) is 0. The number of para-hydroxylation sites is 1. The first-order chi connectivity index (χ1) is 15.7. The van der Waals surface area contributed by atoms with Crippen LogP contribution >= 0.6 is 0 Å². The van der Waals surface area contributed by atoms with Crippen molar-refractivity contribution in [2.75, 3.05) is 62.3 Å². The monoisotopic (exact) mass is 434 g/mol. The Balaban J connectivity index is 1.24. The highest BCUT2D eigenvalue weighted by Gasteiger charge is 2.26. The minimum atomic E-state index is -0.0975. The molecular formula is C22H26N8O2. The van der Waals surface area contributed by atoms with Crippen molar-refractivity contribution >= 4 is 17.5 Å².